The summed E-state index contributed by atoms with van der Waals surface area (Å²) in [6.45, 7) is 7.25. The van der Waals surface area contributed by atoms with E-state index >= 15 is 0 Å². The van der Waals surface area contributed by atoms with E-state index in [9.17, 15) is 5.11 Å². The van der Waals surface area contributed by atoms with Crippen LogP contribution in [0.1, 0.15) is 26.0 Å². The molecule has 0 bridgehead atoms. The van der Waals surface area contributed by atoms with Crippen LogP contribution in [0, 0.1) is 0 Å². The minimum atomic E-state index is -0.540. The Bertz CT molecular complexity index is 352. The van der Waals surface area contributed by atoms with Crippen LogP contribution in [0.4, 0.5) is 5.00 Å². The Labute approximate surface area is 99.6 Å². The fraction of sp³-hybridized carbons (Fsp3) is 0.800. The second-order valence-electron chi connectivity index (χ2n) is 4.54. The third-order valence-corrected chi connectivity index (χ3v) is 3.52. The Morgan fingerprint density at radius 1 is 1.62 bits per heavy atom. The zero-order valence-corrected chi connectivity index (χ0v) is 10.5. The predicted octanol–water partition coefficient (Wildman–Crippen LogP) is 0.927. The summed E-state index contributed by atoms with van der Waals surface area (Å²) in [6.07, 6.45) is 0.834. The van der Waals surface area contributed by atoms with Crippen molar-refractivity contribution in [1.82, 2.24) is 14.5 Å². The van der Waals surface area contributed by atoms with Crippen LogP contribution in [0.3, 0.4) is 0 Å². The highest BCUT2D eigenvalue weighted by atomic mass is 32.1. The largest absolute Gasteiger partial charge is 0.389 e. The van der Waals surface area contributed by atoms with Crippen molar-refractivity contribution in [3.8, 4) is 0 Å². The van der Waals surface area contributed by atoms with Crippen molar-refractivity contribution in [2.24, 2.45) is 0 Å². The molecule has 6 heteroatoms. The molecule has 0 amide bonds. The summed E-state index contributed by atoms with van der Waals surface area (Å²) in [4.78, 5) is 2.22. The maximum atomic E-state index is 9.88. The van der Waals surface area contributed by atoms with Gasteiger partial charge in [-0.25, -0.2) is 0 Å². The monoisotopic (exact) mass is 242 g/mol. The first-order chi connectivity index (χ1) is 7.61. The van der Waals surface area contributed by atoms with Gasteiger partial charge >= 0.3 is 0 Å². The Hall–Kier alpha value is -0.720. The highest BCUT2D eigenvalue weighted by Gasteiger charge is 2.31. The van der Waals surface area contributed by atoms with Crippen LogP contribution < -0.4 is 5.32 Å². The van der Waals surface area contributed by atoms with Crippen molar-refractivity contribution in [3.05, 3.63) is 5.69 Å². The topological polar surface area (TPSA) is 61.3 Å². The average Bonchev–Trinajstić information content (AvgIpc) is 2.76. The van der Waals surface area contributed by atoms with Crippen molar-refractivity contribution in [2.75, 3.05) is 25.0 Å². The molecule has 1 aromatic heterocycles. The normalized spacial score (nSPS) is 26.2. The van der Waals surface area contributed by atoms with Crippen molar-refractivity contribution in [1.29, 1.82) is 0 Å². The summed E-state index contributed by atoms with van der Waals surface area (Å²) in [5.41, 5.74) is 0.450. The fourth-order valence-electron chi connectivity index (χ4n) is 1.99. The molecule has 1 fully saturated rings. The molecule has 0 saturated carbocycles. The maximum absolute atomic E-state index is 9.88. The lowest BCUT2D eigenvalue weighted by atomic mass is 10.1. The van der Waals surface area contributed by atoms with Gasteiger partial charge in [0.15, 0.2) is 0 Å². The number of aromatic nitrogens is 2. The number of rotatable bonds is 4. The first-order valence-corrected chi connectivity index (χ1v) is 6.38. The number of likely N-dealkylation sites (tertiary alicyclic amines) is 1. The Balaban J connectivity index is 1.96. The van der Waals surface area contributed by atoms with Gasteiger partial charge in [-0.1, -0.05) is 4.49 Å². The van der Waals surface area contributed by atoms with Gasteiger partial charge in [0.1, 0.15) is 10.7 Å². The van der Waals surface area contributed by atoms with Gasteiger partial charge in [0.25, 0.3) is 0 Å². The van der Waals surface area contributed by atoms with E-state index < -0.39 is 5.60 Å². The molecule has 2 heterocycles. The number of β-amino-alcohol motifs (C(OH)–C–C–N with tert-alkyl or cyclic N) is 1. The van der Waals surface area contributed by atoms with E-state index in [4.69, 9.17) is 0 Å². The highest BCUT2D eigenvalue weighted by Crippen LogP contribution is 2.25. The number of hydrogen-bond donors (Lipinski definition) is 2. The smallest absolute Gasteiger partial charge is 0.134 e. The summed E-state index contributed by atoms with van der Waals surface area (Å²) in [6, 6.07) is 0. The molecule has 0 radical (unpaired) electrons. The molecule has 1 aliphatic heterocycles. The van der Waals surface area contributed by atoms with Crippen LogP contribution in [0.25, 0.3) is 0 Å². The van der Waals surface area contributed by atoms with Gasteiger partial charge in [0, 0.05) is 37.7 Å². The third-order valence-electron chi connectivity index (χ3n) is 2.80. The lowest BCUT2D eigenvalue weighted by Gasteiger charge is -2.18. The molecular formula is C10H18N4OS. The number of aliphatic hydroxyl groups is 1. The Kier molecular flexibility index (Phi) is 3.41. The van der Waals surface area contributed by atoms with E-state index in [1.54, 1.807) is 0 Å². The van der Waals surface area contributed by atoms with Crippen molar-refractivity contribution >= 4 is 16.5 Å². The fourth-order valence-corrected chi connectivity index (χ4v) is 2.63. The van der Waals surface area contributed by atoms with E-state index in [-0.39, 0.29) is 0 Å². The van der Waals surface area contributed by atoms with Gasteiger partial charge in [-0.2, -0.15) is 0 Å². The second kappa shape index (κ2) is 4.65. The first-order valence-electron chi connectivity index (χ1n) is 5.60. The van der Waals surface area contributed by atoms with Crippen molar-refractivity contribution in [3.63, 3.8) is 0 Å². The molecule has 1 atom stereocenters. The zero-order valence-electron chi connectivity index (χ0n) is 9.73. The van der Waals surface area contributed by atoms with Gasteiger partial charge in [-0.05, 0) is 20.3 Å². The molecule has 1 unspecified atom stereocenters. The lowest BCUT2D eigenvalue weighted by Crippen LogP contribution is -2.29. The molecule has 5 nitrogen and oxygen atoms in total. The van der Waals surface area contributed by atoms with Crippen LogP contribution in [0.2, 0.25) is 0 Å². The van der Waals surface area contributed by atoms with Crippen molar-refractivity contribution < 1.29 is 5.11 Å². The molecule has 1 aliphatic rings. The van der Waals surface area contributed by atoms with Crippen LogP contribution in [-0.2, 0) is 6.54 Å². The minimum Gasteiger partial charge on any atom is -0.389 e. The van der Waals surface area contributed by atoms with Gasteiger partial charge in [-0.15, -0.1) is 5.10 Å². The molecular weight excluding hydrogens is 224 g/mol. The van der Waals surface area contributed by atoms with Crippen LogP contribution >= 0.6 is 11.5 Å². The molecule has 0 aliphatic carbocycles. The summed E-state index contributed by atoms with van der Waals surface area (Å²) in [7, 11) is 0. The molecule has 1 aromatic rings. The molecule has 2 rings (SSSR count). The molecule has 90 valence electrons. The zero-order chi connectivity index (χ0) is 11.6. The summed E-state index contributed by atoms with van der Waals surface area (Å²) in [5.74, 6) is 0. The number of nitrogens with one attached hydrogen (secondary N) is 1. The standard InChI is InChI=1S/C10H18N4OS/c1-3-11-9-8(12-13-16-9)6-14-5-4-10(2,15)7-14/h11,15H,3-7H2,1-2H3. The van der Waals surface area contributed by atoms with E-state index in [0.29, 0.717) is 0 Å². The predicted molar refractivity (Wildman–Crippen MR) is 64.6 cm³/mol. The van der Waals surface area contributed by atoms with Gasteiger partial charge < -0.3 is 10.4 Å². The Morgan fingerprint density at radius 2 is 2.44 bits per heavy atom. The molecule has 0 spiro atoms. The van der Waals surface area contributed by atoms with Crippen LogP contribution in [0.5, 0.6) is 0 Å². The van der Waals surface area contributed by atoms with Gasteiger partial charge in [0.2, 0.25) is 0 Å². The number of nitrogens with zero attached hydrogens (tertiary/aromatic N) is 3. The second-order valence-corrected chi connectivity index (χ2v) is 5.29. The molecule has 2 N–H and O–H groups in total. The molecule has 0 aromatic carbocycles. The Morgan fingerprint density at radius 3 is 3.06 bits per heavy atom. The van der Waals surface area contributed by atoms with Gasteiger partial charge in [-0.3, -0.25) is 4.90 Å². The minimum absolute atomic E-state index is 0.540. The van der Waals surface area contributed by atoms with E-state index in [0.717, 1.165) is 43.3 Å². The SMILES string of the molecule is CCNc1snnc1CN1CCC(C)(O)C1. The number of hydrogen-bond acceptors (Lipinski definition) is 6. The number of anilines is 1. The van der Waals surface area contributed by atoms with Gasteiger partial charge in [0.05, 0.1) is 5.60 Å². The summed E-state index contributed by atoms with van der Waals surface area (Å²) >= 11 is 1.40. The first kappa shape index (κ1) is 11.8. The molecule has 1 saturated heterocycles. The summed E-state index contributed by atoms with van der Waals surface area (Å²) in [5, 5.41) is 18.3. The van der Waals surface area contributed by atoms with Crippen molar-refractivity contribution in [2.45, 2.75) is 32.4 Å². The maximum Gasteiger partial charge on any atom is 0.134 e. The third kappa shape index (κ3) is 2.69. The average molecular weight is 242 g/mol. The van der Waals surface area contributed by atoms with E-state index in [1.165, 1.54) is 11.5 Å². The lowest BCUT2D eigenvalue weighted by molar-refractivity contribution is 0.0677. The highest BCUT2D eigenvalue weighted by molar-refractivity contribution is 7.10. The van der Waals surface area contributed by atoms with Crippen LogP contribution in [-0.4, -0.2) is 44.8 Å². The summed E-state index contributed by atoms with van der Waals surface area (Å²) < 4.78 is 3.96. The van der Waals surface area contributed by atoms with Crippen LogP contribution in [0.15, 0.2) is 0 Å². The van der Waals surface area contributed by atoms with E-state index in [2.05, 4.69) is 26.7 Å². The quantitative estimate of drug-likeness (QED) is 0.822. The molecule has 16 heavy (non-hydrogen) atoms. The van der Waals surface area contributed by atoms with E-state index in [1.807, 2.05) is 6.92 Å².